The van der Waals surface area contributed by atoms with Gasteiger partial charge in [-0.25, -0.2) is 0 Å². The molecule has 0 atom stereocenters. The smallest absolute Gasteiger partial charge is 0.234 e. The first-order valence-electron chi connectivity index (χ1n) is 3.28. The molecule has 0 radical (unpaired) electrons. The molecule has 1 aromatic heterocycles. The first-order chi connectivity index (χ1) is 5.77. The minimum atomic E-state index is -0.00912. The average molecular weight is 167 g/mol. The monoisotopic (exact) mass is 167 g/mol. The van der Waals surface area contributed by atoms with Crippen molar-refractivity contribution < 1.29 is 9.47 Å². The summed E-state index contributed by atoms with van der Waals surface area (Å²) in [6.07, 6.45) is 0. The van der Waals surface area contributed by atoms with Crippen molar-refractivity contribution >= 4 is 5.90 Å². The summed E-state index contributed by atoms with van der Waals surface area (Å²) in [5.74, 6) is 0.410. The first kappa shape index (κ1) is 8.45. The highest BCUT2D eigenvalue weighted by Gasteiger charge is 2.02. The summed E-state index contributed by atoms with van der Waals surface area (Å²) in [6.45, 7) is 0. The number of methoxy groups -OCH3 is 2. The van der Waals surface area contributed by atoms with Gasteiger partial charge in [0.25, 0.3) is 0 Å². The van der Waals surface area contributed by atoms with Crippen molar-refractivity contribution in [1.82, 2.24) is 10.2 Å². The van der Waals surface area contributed by atoms with Crippen molar-refractivity contribution in [1.29, 1.82) is 5.41 Å². The van der Waals surface area contributed by atoms with E-state index in [9.17, 15) is 0 Å². The van der Waals surface area contributed by atoms with Crippen molar-refractivity contribution in [3.05, 3.63) is 17.8 Å². The molecular weight excluding hydrogens is 158 g/mol. The van der Waals surface area contributed by atoms with Gasteiger partial charge in [0.1, 0.15) is 5.69 Å². The third-order valence-electron chi connectivity index (χ3n) is 1.29. The predicted molar refractivity (Wildman–Crippen MR) is 42.4 cm³/mol. The maximum absolute atomic E-state index is 7.24. The van der Waals surface area contributed by atoms with E-state index in [2.05, 4.69) is 14.9 Å². The van der Waals surface area contributed by atoms with Crippen molar-refractivity contribution in [3.8, 4) is 5.88 Å². The van der Waals surface area contributed by atoms with E-state index in [-0.39, 0.29) is 5.90 Å². The fourth-order valence-electron chi connectivity index (χ4n) is 0.655. The number of hydrogen-bond donors (Lipinski definition) is 1. The molecule has 0 aliphatic rings. The van der Waals surface area contributed by atoms with Gasteiger partial charge >= 0.3 is 0 Å². The summed E-state index contributed by atoms with van der Waals surface area (Å²) in [5.41, 5.74) is 0.387. The maximum Gasteiger partial charge on any atom is 0.234 e. The quantitative estimate of drug-likeness (QED) is 0.513. The SMILES string of the molecule is COC(=N)c1ccc(OC)nn1. The Balaban J connectivity index is 2.84. The topological polar surface area (TPSA) is 68.1 Å². The van der Waals surface area contributed by atoms with Crippen molar-refractivity contribution in [2.75, 3.05) is 14.2 Å². The second-order valence-electron chi connectivity index (χ2n) is 1.99. The molecule has 5 heteroatoms. The Hall–Kier alpha value is -1.65. The van der Waals surface area contributed by atoms with Gasteiger partial charge in [0, 0.05) is 6.07 Å². The normalized spacial score (nSPS) is 9.17. The van der Waals surface area contributed by atoms with Crippen LogP contribution in [0.25, 0.3) is 0 Å². The molecule has 1 aromatic rings. The molecule has 0 aliphatic heterocycles. The lowest BCUT2D eigenvalue weighted by Gasteiger charge is -2.00. The number of hydrogen-bond acceptors (Lipinski definition) is 5. The molecule has 12 heavy (non-hydrogen) atoms. The molecule has 1 N–H and O–H groups in total. The third-order valence-corrected chi connectivity index (χ3v) is 1.29. The second kappa shape index (κ2) is 3.66. The summed E-state index contributed by atoms with van der Waals surface area (Å²) in [7, 11) is 2.92. The van der Waals surface area contributed by atoms with Crippen molar-refractivity contribution in [2.24, 2.45) is 0 Å². The zero-order chi connectivity index (χ0) is 8.97. The summed E-state index contributed by atoms with van der Waals surface area (Å²) < 4.78 is 9.45. The van der Waals surface area contributed by atoms with Gasteiger partial charge in [-0.3, -0.25) is 5.41 Å². The molecule has 0 unspecified atom stereocenters. The van der Waals surface area contributed by atoms with Gasteiger partial charge in [-0.15, -0.1) is 10.2 Å². The van der Waals surface area contributed by atoms with Crippen LogP contribution in [0.2, 0.25) is 0 Å². The van der Waals surface area contributed by atoms with Crippen molar-refractivity contribution in [3.63, 3.8) is 0 Å². The average Bonchev–Trinajstić information content (AvgIpc) is 2.17. The van der Waals surface area contributed by atoms with Gasteiger partial charge in [0.2, 0.25) is 11.8 Å². The first-order valence-corrected chi connectivity index (χ1v) is 3.28. The summed E-state index contributed by atoms with van der Waals surface area (Å²) in [4.78, 5) is 0. The van der Waals surface area contributed by atoms with Gasteiger partial charge in [-0.1, -0.05) is 0 Å². The Bertz CT molecular complexity index is 270. The third kappa shape index (κ3) is 1.69. The number of nitrogens with zero attached hydrogens (tertiary/aromatic N) is 2. The molecule has 0 aromatic carbocycles. The number of nitrogens with one attached hydrogen (secondary N) is 1. The zero-order valence-corrected chi connectivity index (χ0v) is 6.87. The molecule has 0 amide bonds. The number of rotatable bonds is 2. The summed E-state index contributed by atoms with van der Waals surface area (Å²) in [6, 6.07) is 3.23. The van der Waals surface area contributed by atoms with Gasteiger partial charge in [0.15, 0.2) is 0 Å². The van der Waals surface area contributed by atoms with Crippen LogP contribution in [-0.2, 0) is 4.74 Å². The van der Waals surface area contributed by atoms with Crippen LogP contribution in [-0.4, -0.2) is 30.3 Å². The van der Waals surface area contributed by atoms with Gasteiger partial charge < -0.3 is 9.47 Å². The van der Waals surface area contributed by atoms with E-state index in [0.717, 1.165) is 0 Å². The zero-order valence-electron chi connectivity index (χ0n) is 6.87. The second-order valence-corrected chi connectivity index (χ2v) is 1.99. The van der Waals surface area contributed by atoms with Crippen LogP contribution >= 0.6 is 0 Å². The van der Waals surface area contributed by atoms with E-state index in [0.29, 0.717) is 11.6 Å². The molecule has 1 heterocycles. The van der Waals surface area contributed by atoms with Gasteiger partial charge in [-0.05, 0) is 6.07 Å². The highest BCUT2D eigenvalue weighted by molar-refractivity contribution is 5.89. The van der Waals surface area contributed by atoms with Crippen LogP contribution in [0.1, 0.15) is 5.69 Å². The van der Waals surface area contributed by atoms with Crippen LogP contribution in [0.4, 0.5) is 0 Å². The fourth-order valence-corrected chi connectivity index (χ4v) is 0.655. The molecule has 0 fully saturated rings. The van der Waals surface area contributed by atoms with Gasteiger partial charge in [0.05, 0.1) is 14.2 Å². The Morgan fingerprint density at radius 2 is 2.08 bits per heavy atom. The van der Waals surface area contributed by atoms with Crippen LogP contribution in [0.5, 0.6) is 5.88 Å². The standard InChI is InChI=1S/C7H9N3O2/c1-11-6-4-3-5(9-10-6)7(8)12-2/h3-4,8H,1-2H3. The maximum atomic E-state index is 7.24. The minimum absolute atomic E-state index is 0.00912. The number of aromatic nitrogens is 2. The molecule has 1 rings (SSSR count). The van der Waals surface area contributed by atoms with Gasteiger partial charge in [-0.2, -0.15) is 0 Å². The molecule has 5 nitrogen and oxygen atoms in total. The Morgan fingerprint density at radius 1 is 1.33 bits per heavy atom. The van der Waals surface area contributed by atoms with E-state index >= 15 is 0 Å². The highest BCUT2D eigenvalue weighted by Crippen LogP contribution is 2.03. The highest BCUT2D eigenvalue weighted by atomic mass is 16.5. The van der Waals surface area contributed by atoms with Crippen LogP contribution in [0.3, 0.4) is 0 Å². The molecule has 0 aliphatic carbocycles. The molecular formula is C7H9N3O2. The summed E-state index contributed by atoms with van der Waals surface area (Å²) >= 11 is 0. The summed E-state index contributed by atoms with van der Waals surface area (Å²) in [5, 5.41) is 14.6. The lowest BCUT2D eigenvalue weighted by molar-refractivity contribution is 0.387. The minimum Gasteiger partial charge on any atom is -0.480 e. The van der Waals surface area contributed by atoms with Crippen molar-refractivity contribution in [2.45, 2.75) is 0 Å². The van der Waals surface area contributed by atoms with E-state index in [1.807, 2.05) is 0 Å². The van der Waals surface area contributed by atoms with Crippen LogP contribution < -0.4 is 4.74 Å². The van der Waals surface area contributed by atoms with E-state index in [4.69, 9.17) is 10.1 Å². The Kier molecular flexibility index (Phi) is 2.57. The molecule has 0 spiro atoms. The van der Waals surface area contributed by atoms with Crippen LogP contribution in [0.15, 0.2) is 12.1 Å². The predicted octanol–water partition coefficient (Wildman–Crippen LogP) is 0.457. The fraction of sp³-hybridized carbons (Fsp3) is 0.286. The Morgan fingerprint density at radius 3 is 2.50 bits per heavy atom. The largest absolute Gasteiger partial charge is 0.480 e. The Labute approximate surface area is 69.8 Å². The van der Waals surface area contributed by atoms with E-state index in [1.54, 1.807) is 12.1 Å². The van der Waals surface area contributed by atoms with Crippen LogP contribution in [0, 0.1) is 5.41 Å². The lowest BCUT2D eigenvalue weighted by Crippen LogP contribution is -2.05. The van der Waals surface area contributed by atoms with E-state index < -0.39 is 0 Å². The van der Waals surface area contributed by atoms with E-state index in [1.165, 1.54) is 14.2 Å². The molecule has 0 saturated carbocycles. The molecule has 0 bridgehead atoms. The molecule has 64 valence electrons. The number of ether oxygens (including phenoxy) is 2. The molecule has 0 saturated heterocycles. The lowest BCUT2D eigenvalue weighted by atomic mass is 10.4.